The molecule has 2 heterocycles. The summed E-state index contributed by atoms with van der Waals surface area (Å²) in [7, 11) is 0. The molecule has 6 heteroatoms. The standard InChI is InChI=1S/C19H19N3O3/c1-12-19(14-4-2-3-5-16(14)21(12)11-18(24)25)15-8-9-17(23)22(20-15)10-13-6-7-13/h2-5,8-9,13H,6-7,10-11H2,1H3,(H,24,25). The Kier molecular flexibility index (Phi) is 3.67. The highest BCUT2D eigenvalue weighted by Gasteiger charge is 2.23. The van der Waals surface area contributed by atoms with Crippen LogP contribution in [0.4, 0.5) is 0 Å². The van der Waals surface area contributed by atoms with Crippen LogP contribution < -0.4 is 5.56 Å². The van der Waals surface area contributed by atoms with Gasteiger partial charge < -0.3 is 9.67 Å². The lowest BCUT2D eigenvalue weighted by molar-refractivity contribution is -0.137. The number of aromatic nitrogens is 3. The third-order valence-corrected chi connectivity index (χ3v) is 4.78. The highest BCUT2D eigenvalue weighted by Crippen LogP contribution is 2.34. The molecule has 0 atom stereocenters. The molecule has 1 aliphatic carbocycles. The van der Waals surface area contributed by atoms with Gasteiger partial charge in [0, 0.05) is 34.8 Å². The Morgan fingerprint density at radius 1 is 1.24 bits per heavy atom. The Bertz CT molecular complexity index is 1030. The van der Waals surface area contributed by atoms with E-state index in [0.717, 1.165) is 35.0 Å². The quantitative estimate of drug-likeness (QED) is 0.776. The lowest BCUT2D eigenvalue weighted by Gasteiger charge is -2.08. The summed E-state index contributed by atoms with van der Waals surface area (Å²) >= 11 is 0. The van der Waals surface area contributed by atoms with E-state index in [1.807, 2.05) is 31.2 Å². The van der Waals surface area contributed by atoms with Crippen LogP contribution in [0.2, 0.25) is 0 Å². The number of rotatable bonds is 5. The van der Waals surface area contributed by atoms with Crippen LogP contribution in [0.25, 0.3) is 22.2 Å². The average Bonchev–Trinajstić information content (AvgIpc) is 3.36. The summed E-state index contributed by atoms with van der Waals surface area (Å²) in [5, 5.41) is 14.8. The maximum Gasteiger partial charge on any atom is 0.323 e. The van der Waals surface area contributed by atoms with Crippen molar-refractivity contribution in [3.63, 3.8) is 0 Å². The van der Waals surface area contributed by atoms with Crippen LogP contribution in [-0.4, -0.2) is 25.4 Å². The van der Waals surface area contributed by atoms with Crippen molar-refractivity contribution in [1.29, 1.82) is 0 Å². The maximum atomic E-state index is 12.1. The lowest BCUT2D eigenvalue weighted by Crippen LogP contribution is -2.23. The Morgan fingerprint density at radius 2 is 2.00 bits per heavy atom. The number of fused-ring (bicyclic) bond motifs is 1. The summed E-state index contributed by atoms with van der Waals surface area (Å²) in [6, 6.07) is 11.0. The van der Waals surface area contributed by atoms with Crippen molar-refractivity contribution < 1.29 is 9.90 Å². The molecule has 0 bridgehead atoms. The third-order valence-electron chi connectivity index (χ3n) is 4.78. The van der Waals surface area contributed by atoms with E-state index in [-0.39, 0.29) is 12.1 Å². The number of para-hydroxylation sites is 1. The molecule has 1 aromatic carbocycles. The predicted molar refractivity (Wildman–Crippen MR) is 94.5 cm³/mol. The number of carboxylic acid groups (broad SMARTS) is 1. The second-order valence-electron chi connectivity index (χ2n) is 6.64. The highest BCUT2D eigenvalue weighted by atomic mass is 16.4. The van der Waals surface area contributed by atoms with Crippen molar-refractivity contribution in [2.75, 3.05) is 0 Å². The van der Waals surface area contributed by atoms with Gasteiger partial charge >= 0.3 is 5.97 Å². The molecule has 0 saturated heterocycles. The monoisotopic (exact) mass is 337 g/mol. The van der Waals surface area contributed by atoms with Gasteiger partial charge in [0.1, 0.15) is 6.54 Å². The molecule has 1 aliphatic rings. The van der Waals surface area contributed by atoms with Crippen molar-refractivity contribution in [1.82, 2.24) is 14.3 Å². The Balaban J connectivity index is 1.90. The summed E-state index contributed by atoms with van der Waals surface area (Å²) in [5.74, 6) is -0.336. The number of aliphatic carboxylic acids is 1. The predicted octanol–water partition coefficient (Wildman–Crippen LogP) is 2.67. The zero-order valence-corrected chi connectivity index (χ0v) is 14.0. The van der Waals surface area contributed by atoms with Crippen molar-refractivity contribution in [3.05, 3.63) is 52.4 Å². The van der Waals surface area contributed by atoms with Gasteiger partial charge in [-0.3, -0.25) is 9.59 Å². The fourth-order valence-electron chi connectivity index (χ4n) is 3.35. The van der Waals surface area contributed by atoms with Gasteiger partial charge in [0.05, 0.1) is 5.69 Å². The molecular formula is C19H19N3O3. The summed E-state index contributed by atoms with van der Waals surface area (Å²) in [4.78, 5) is 23.3. The fourth-order valence-corrected chi connectivity index (χ4v) is 3.35. The average molecular weight is 337 g/mol. The molecule has 1 fully saturated rings. The van der Waals surface area contributed by atoms with Gasteiger partial charge in [-0.05, 0) is 37.8 Å². The summed E-state index contributed by atoms with van der Waals surface area (Å²) < 4.78 is 3.32. The molecule has 4 rings (SSSR count). The van der Waals surface area contributed by atoms with Gasteiger partial charge in [-0.2, -0.15) is 5.10 Å². The summed E-state index contributed by atoms with van der Waals surface area (Å²) in [6.07, 6.45) is 2.30. The molecular weight excluding hydrogens is 318 g/mol. The molecule has 0 unspecified atom stereocenters. The van der Waals surface area contributed by atoms with Crippen molar-refractivity contribution in [2.24, 2.45) is 5.92 Å². The van der Waals surface area contributed by atoms with E-state index < -0.39 is 5.97 Å². The van der Waals surface area contributed by atoms with Crippen LogP contribution in [0.5, 0.6) is 0 Å². The van der Waals surface area contributed by atoms with E-state index in [1.54, 1.807) is 16.7 Å². The maximum absolute atomic E-state index is 12.1. The number of hydrogen-bond donors (Lipinski definition) is 1. The molecule has 0 spiro atoms. The number of benzene rings is 1. The Labute approximate surface area is 144 Å². The van der Waals surface area contributed by atoms with Crippen molar-refractivity contribution >= 4 is 16.9 Å². The van der Waals surface area contributed by atoms with Crippen LogP contribution in [-0.2, 0) is 17.9 Å². The molecule has 0 radical (unpaired) electrons. The molecule has 1 saturated carbocycles. The summed E-state index contributed by atoms with van der Waals surface area (Å²) in [6.45, 7) is 2.45. The van der Waals surface area contributed by atoms with Crippen LogP contribution in [0, 0.1) is 12.8 Å². The van der Waals surface area contributed by atoms with Crippen molar-refractivity contribution in [2.45, 2.75) is 32.9 Å². The number of carbonyl (C=O) groups is 1. The first kappa shape index (κ1) is 15.6. The van der Waals surface area contributed by atoms with Crippen molar-refractivity contribution in [3.8, 4) is 11.3 Å². The van der Waals surface area contributed by atoms with Gasteiger partial charge in [-0.25, -0.2) is 4.68 Å². The zero-order valence-electron chi connectivity index (χ0n) is 14.0. The van der Waals surface area contributed by atoms with E-state index in [2.05, 4.69) is 5.10 Å². The Morgan fingerprint density at radius 3 is 2.72 bits per heavy atom. The van der Waals surface area contributed by atoms with Gasteiger partial charge in [-0.15, -0.1) is 0 Å². The van der Waals surface area contributed by atoms with Crippen LogP contribution >= 0.6 is 0 Å². The van der Waals surface area contributed by atoms with Crippen LogP contribution in [0.15, 0.2) is 41.2 Å². The van der Waals surface area contributed by atoms with Gasteiger partial charge in [0.15, 0.2) is 0 Å². The van der Waals surface area contributed by atoms with Crippen LogP contribution in [0.3, 0.4) is 0 Å². The topological polar surface area (TPSA) is 77.1 Å². The number of hydrogen-bond acceptors (Lipinski definition) is 3. The molecule has 0 aliphatic heterocycles. The number of carboxylic acids is 1. The largest absolute Gasteiger partial charge is 0.480 e. The minimum Gasteiger partial charge on any atom is -0.480 e. The SMILES string of the molecule is Cc1c(-c2ccc(=O)n(CC3CC3)n2)c2ccccc2n1CC(=O)O. The van der Waals surface area contributed by atoms with Gasteiger partial charge in [-0.1, -0.05) is 18.2 Å². The normalized spacial score (nSPS) is 14.1. The highest BCUT2D eigenvalue weighted by molar-refractivity contribution is 5.97. The zero-order chi connectivity index (χ0) is 17.6. The van der Waals surface area contributed by atoms with E-state index >= 15 is 0 Å². The minimum atomic E-state index is -0.887. The fraction of sp³-hybridized carbons (Fsp3) is 0.316. The summed E-state index contributed by atoms with van der Waals surface area (Å²) in [5.41, 5.74) is 3.20. The lowest BCUT2D eigenvalue weighted by atomic mass is 10.1. The molecule has 128 valence electrons. The minimum absolute atomic E-state index is 0.0948. The second kappa shape index (κ2) is 5.88. The third kappa shape index (κ3) is 2.84. The van der Waals surface area contributed by atoms with Gasteiger partial charge in [0.25, 0.3) is 5.56 Å². The Hall–Kier alpha value is -2.89. The molecule has 2 aromatic heterocycles. The van der Waals surface area contributed by atoms with E-state index in [9.17, 15) is 14.7 Å². The van der Waals surface area contributed by atoms with E-state index in [1.165, 1.54) is 4.68 Å². The molecule has 1 N–H and O–H groups in total. The first-order valence-electron chi connectivity index (χ1n) is 8.43. The van der Waals surface area contributed by atoms with Gasteiger partial charge in [0.2, 0.25) is 0 Å². The molecule has 25 heavy (non-hydrogen) atoms. The van der Waals surface area contributed by atoms with Crippen LogP contribution in [0.1, 0.15) is 18.5 Å². The first-order chi connectivity index (χ1) is 12.0. The number of nitrogens with zero attached hydrogens (tertiary/aromatic N) is 3. The van der Waals surface area contributed by atoms with E-state index in [0.29, 0.717) is 18.2 Å². The first-order valence-corrected chi connectivity index (χ1v) is 8.43. The van der Waals surface area contributed by atoms with E-state index in [4.69, 9.17) is 0 Å². The second-order valence-corrected chi connectivity index (χ2v) is 6.64. The molecule has 0 amide bonds. The molecule has 3 aromatic rings. The smallest absolute Gasteiger partial charge is 0.323 e. The molecule has 6 nitrogen and oxygen atoms in total.